The zero-order valence-electron chi connectivity index (χ0n) is 16.1. The first-order valence-corrected chi connectivity index (χ1v) is 8.56. The second kappa shape index (κ2) is 8.70. The summed E-state index contributed by atoms with van der Waals surface area (Å²) in [6.45, 7) is 14.4. The minimum Gasteiger partial charge on any atom is -0.491 e. The highest BCUT2D eigenvalue weighted by Crippen LogP contribution is 2.36. The molecule has 1 aromatic carbocycles. The van der Waals surface area contributed by atoms with Gasteiger partial charge in [-0.15, -0.1) is 0 Å². The van der Waals surface area contributed by atoms with E-state index in [-0.39, 0.29) is 5.41 Å². The molecule has 0 saturated heterocycles. The zero-order chi connectivity index (χ0) is 17.5. The van der Waals surface area contributed by atoms with Gasteiger partial charge in [0.2, 0.25) is 0 Å². The summed E-state index contributed by atoms with van der Waals surface area (Å²) in [6, 6.07) is 8.51. The van der Waals surface area contributed by atoms with Crippen LogP contribution in [0.3, 0.4) is 0 Å². The highest BCUT2D eigenvalue weighted by molar-refractivity contribution is 5.31. The van der Waals surface area contributed by atoms with Crippen molar-refractivity contribution in [1.29, 1.82) is 0 Å². The molecule has 132 valence electrons. The van der Waals surface area contributed by atoms with Gasteiger partial charge < -0.3 is 14.4 Å². The summed E-state index contributed by atoms with van der Waals surface area (Å²) in [5.41, 5.74) is 1.86. The number of likely N-dealkylation sites (N-methyl/N-ethyl adjacent to an activating group) is 1. The van der Waals surface area contributed by atoms with E-state index in [9.17, 15) is 0 Å². The molecule has 0 aromatic heterocycles. The molecule has 0 N–H and O–H groups in total. The molecule has 23 heavy (non-hydrogen) atoms. The molecule has 0 spiro atoms. The van der Waals surface area contributed by atoms with Crippen LogP contribution < -0.4 is 4.74 Å². The lowest BCUT2D eigenvalue weighted by Crippen LogP contribution is -2.24. The Morgan fingerprint density at radius 2 is 1.48 bits per heavy atom. The quantitative estimate of drug-likeness (QED) is 0.631. The smallest absolute Gasteiger partial charge is 0.119 e. The minimum absolute atomic E-state index is 0.173. The van der Waals surface area contributed by atoms with E-state index < -0.39 is 0 Å². The molecule has 3 heteroatoms. The fraction of sp³-hybridized carbons (Fsp3) is 0.700. The first-order valence-electron chi connectivity index (χ1n) is 8.56. The third-order valence-corrected chi connectivity index (χ3v) is 3.79. The Morgan fingerprint density at radius 1 is 0.870 bits per heavy atom. The normalized spacial score (nSPS) is 12.7. The average Bonchev–Trinajstić information content (AvgIpc) is 2.40. The van der Waals surface area contributed by atoms with E-state index in [4.69, 9.17) is 9.47 Å². The third kappa shape index (κ3) is 8.38. The van der Waals surface area contributed by atoms with E-state index in [1.807, 2.05) is 14.1 Å². The standard InChI is InChI=1S/C20H35NO2/c1-19(2,3)16-20(4,5)17-8-10-18(11-9-17)23-15-14-22-13-12-21(6)7/h8-11H,12-16H2,1-7H3. The molecule has 0 saturated carbocycles. The van der Waals surface area contributed by atoms with E-state index in [1.54, 1.807) is 0 Å². The Morgan fingerprint density at radius 3 is 2.00 bits per heavy atom. The van der Waals surface area contributed by atoms with Crippen molar-refractivity contribution in [2.24, 2.45) is 5.41 Å². The van der Waals surface area contributed by atoms with Gasteiger partial charge in [-0.05, 0) is 49.0 Å². The van der Waals surface area contributed by atoms with Crippen LogP contribution in [-0.4, -0.2) is 45.4 Å². The van der Waals surface area contributed by atoms with E-state index in [0.717, 1.165) is 25.3 Å². The van der Waals surface area contributed by atoms with E-state index in [2.05, 4.69) is 63.8 Å². The van der Waals surface area contributed by atoms with Crippen LogP contribution in [0.2, 0.25) is 0 Å². The molecule has 0 heterocycles. The molecule has 1 rings (SSSR count). The summed E-state index contributed by atoms with van der Waals surface area (Å²) in [5, 5.41) is 0. The van der Waals surface area contributed by atoms with Gasteiger partial charge in [-0.25, -0.2) is 0 Å². The zero-order valence-corrected chi connectivity index (χ0v) is 16.1. The van der Waals surface area contributed by atoms with Crippen LogP contribution in [0.25, 0.3) is 0 Å². The first-order chi connectivity index (χ1) is 10.6. The number of nitrogens with zero attached hydrogens (tertiary/aromatic N) is 1. The monoisotopic (exact) mass is 321 g/mol. The molecule has 0 bridgehead atoms. The van der Waals surface area contributed by atoms with Gasteiger partial charge in [-0.3, -0.25) is 0 Å². The summed E-state index contributed by atoms with van der Waals surface area (Å²) in [5.74, 6) is 0.913. The van der Waals surface area contributed by atoms with Crippen molar-refractivity contribution in [2.75, 3.05) is 40.5 Å². The SMILES string of the molecule is CN(C)CCOCCOc1ccc(C(C)(C)CC(C)(C)C)cc1. The molecule has 0 radical (unpaired) electrons. The third-order valence-electron chi connectivity index (χ3n) is 3.79. The van der Waals surface area contributed by atoms with Crippen LogP contribution >= 0.6 is 0 Å². The van der Waals surface area contributed by atoms with Gasteiger partial charge in [0.1, 0.15) is 12.4 Å². The van der Waals surface area contributed by atoms with Crippen LogP contribution in [0.1, 0.15) is 46.6 Å². The summed E-state index contributed by atoms with van der Waals surface area (Å²) >= 11 is 0. The predicted octanol–water partition coefficient (Wildman–Crippen LogP) is 4.36. The highest BCUT2D eigenvalue weighted by Gasteiger charge is 2.27. The lowest BCUT2D eigenvalue weighted by Gasteiger charge is -2.33. The van der Waals surface area contributed by atoms with Crippen LogP contribution in [0.4, 0.5) is 0 Å². The van der Waals surface area contributed by atoms with Gasteiger partial charge >= 0.3 is 0 Å². The van der Waals surface area contributed by atoms with Crippen molar-refractivity contribution in [3.8, 4) is 5.75 Å². The fourth-order valence-corrected chi connectivity index (χ4v) is 3.00. The molecule has 0 fully saturated rings. The van der Waals surface area contributed by atoms with Crippen LogP contribution in [-0.2, 0) is 10.2 Å². The van der Waals surface area contributed by atoms with Gasteiger partial charge in [0.05, 0.1) is 13.2 Å². The minimum atomic E-state index is 0.173. The molecule has 0 unspecified atom stereocenters. The maximum Gasteiger partial charge on any atom is 0.119 e. The van der Waals surface area contributed by atoms with E-state index in [1.165, 1.54) is 5.56 Å². The topological polar surface area (TPSA) is 21.7 Å². The molecular weight excluding hydrogens is 286 g/mol. The summed E-state index contributed by atoms with van der Waals surface area (Å²) < 4.78 is 11.3. The van der Waals surface area contributed by atoms with Crippen LogP contribution in [0.15, 0.2) is 24.3 Å². The molecule has 0 atom stereocenters. The first kappa shape index (κ1) is 20.0. The van der Waals surface area contributed by atoms with E-state index >= 15 is 0 Å². The average molecular weight is 322 g/mol. The lowest BCUT2D eigenvalue weighted by atomic mass is 9.72. The van der Waals surface area contributed by atoms with Crippen LogP contribution in [0.5, 0.6) is 5.75 Å². The Balaban J connectivity index is 2.41. The van der Waals surface area contributed by atoms with Crippen molar-refractivity contribution in [1.82, 2.24) is 4.90 Å². The van der Waals surface area contributed by atoms with Gasteiger partial charge in [0.15, 0.2) is 0 Å². The van der Waals surface area contributed by atoms with Gasteiger partial charge in [-0.2, -0.15) is 0 Å². The van der Waals surface area contributed by atoms with Crippen LogP contribution in [0, 0.1) is 5.41 Å². The Bertz CT molecular complexity index is 444. The molecule has 0 aliphatic rings. The lowest BCUT2D eigenvalue weighted by molar-refractivity contribution is 0.0890. The number of benzene rings is 1. The number of rotatable bonds is 9. The molecule has 0 amide bonds. The molecule has 0 aliphatic heterocycles. The number of hydrogen-bond acceptors (Lipinski definition) is 3. The van der Waals surface area contributed by atoms with E-state index in [0.29, 0.717) is 18.6 Å². The summed E-state index contributed by atoms with van der Waals surface area (Å²) in [7, 11) is 4.09. The number of ether oxygens (including phenoxy) is 2. The van der Waals surface area contributed by atoms with Crippen molar-refractivity contribution >= 4 is 0 Å². The fourth-order valence-electron chi connectivity index (χ4n) is 3.00. The highest BCUT2D eigenvalue weighted by atomic mass is 16.5. The second-order valence-corrected chi connectivity index (χ2v) is 8.41. The molecule has 3 nitrogen and oxygen atoms in total. The maximum atomic E-state index is 5.74. The van der Waals surface area contributed by atoms with Crippen molar-refractivity contribution in [2.45, 2.75) is 46.5 Å². The maximum absolute atomic E-state index is 5.74. The Kier molecular flexibility index (Phi) is 7.56. The number of hydrogen-bond donors (Lipinski definition) is 0. The summed E-state index contributed by atoms with van der Waals surface area (Å²) in [6.07, 6.45) is 1.15. The van der Waals surface area contributed by atoms with Gasteiger partial charge in [0.25, 0.3) is 0 Å². The van der Waals surface area contributed by atoms with Crippen molar-refractivity contribution < 1.29 is 9.47 Å². The summed E-state index contributed by atoms with van der Waals surface area (Å²) in [4.78, 5) is 2.11. The second-order valence-electron chi connectivity index (χ2n) is 8.41. The Hall–Kier alpha value is -1.06. The molecule has 1 aromatic rings. The molecule has 0 aliphatic carbocycles. The van der Waals surface area contributed by atoms with Crippen molar-refractivity contribution in [3.05, 3.63) is 29.8 Å². The largest absolute Gasteiger partial charge is 0.491 e. The molecular formula is C20H35NO2. The predicted molar refractivity (Wildman–Crippen MR) is 98.4 cm³/mol. The van der Waals surface area contributed by atoms with Gasteiger partial charge in [0, 0.05) is 6.54 Å². The Labute approximate surface area is 143 Å². The van der Waals surface area contributed by atoms with Crippen molar-refractivity contribution in [3.63, 3.8) is 0 Å². The van der Waals surface area contributed by atoms with Gasteiger partial charge in [-0.1, -0.05) is 46.8 Å².